The lowest BCUT2D eigenvalue weighted by Gasteiger charge is -2.07. The van der Waals surface area contributed by atoms with E-state index in [0.717, 1.165) is 22.3 Å². The van der Waals surface area contributed by atoms with Crippen molar-refractivity contribution in [1.82, 2.24) is 9.97 Å². The van der Waals surface area contributed by atoms with Crippen LogP contribution in [0.4, 0.5) is 0 Å². The Morgan fingerprint density at radius 3 is 2.76 bits per heavy atom. The molecule has 3 heterocycles. The van der Waals surface area contributed by atoms with E-state index in [1.54, 1.807) is 24.8 Å². The van der Waals surface area contributed by atoms with Gasteiger partial charge in [-0.2, -0.15) is 0 Å². The number of hydrogen-bond donors (Lipinski definition) is 1. The van der Waals surface area contributed by atoms with Crippen molar-refractivity contribution in [3.63, 3.8) is 0 Å². The molecule has 3 rings (SSSR count). The molecular weight excluding hydrogens is 214 g/mol. The van der Waals surface area contributed by atoms with Gasteiger partial charge in [-0.1, -0.05) is 6.07 Å². The van der Waals surface area contributed by atoms with Crippen LogP contribution in [0.3, 0.4) is 0 Å². The van der Waals surface area contributed by atoms with Crippen LogP contribution in [0.15, 0.2) is 53.5 Å². The Labute approximate surface area is 98.1 Å². The van der Waals surface area contributed by atoms with Crippen molar-refractivity contribution in [1.29, 1.82) is 0 Å². The zero-order valence-corrected chi connectivity index (χ0v) is 9.08. The average Bonchev–Trinajstić information content (AvgIpc) is 2.82. The molecule has 3 aromatic heterocycles. The first-order chi connectivity index (χ1) is 8.34. The lowest BCUT2D eigenvalue weighted by Crippen LogP contribution is -2.10. The highest BCUT2D eigenvalue weighted by Gasteiger charge is 2.13. The lowest BCUT2D eigenvalue weighted by atomic mass is 10.1. The predicted molar refractivity (Wildman–Crippen MR) is 64.3 cm³/mol. The summed E-state index contributed by atoms with van der Waals surface area (Å²) in [6.07, 6.45) is 6.89. The van der Waals surface area contributed by atoms with E-state index in [2.05, 4.69) is 9.97 Å². The minimum absolute atomic E-state index is 0.295. The second kappa shape index (κ2) is 3.99. The van der Waals surface area contributed by atoms with Crippen molar-refractivity contribution in [2.75, 3.05) is 0 Å². The van der Waals surface area contributed by atoms with E-state index in [0.29, 0.717) is 0 Å². The maximum absolute atomic E-state index is 6.13. The summed E-state index contributed by atoms with van der Waals surface area (Å²) in [5, 5.41) is 1.01. The standard InChI is InChI=1S/C13H11N3O/c14-13(10-2-1-4-15-7-10)11-6-9-3-5-16-8-12(9)17-11/h1-8,13H,14H2. The van der Waals surface area contributed by atoms with Crippen molar-refractivity contribution in [3.8, 4) is 0 Å². The molecule has 1 atom stereocenters. The molecule has 17 heavy (non-hydrogen) atoms. The number of fused-ring (bicyclic) bond motifs is 1. The Balaban J connectivity index is 2.04. The third-order valence-corrected chi connectivity index (χ3v) is 2.69. The second-order valence-corrected chi connectivity index (χ2v) is 3.83. The smallest absolute Gasteiger partial charge is 0.152 e. The fourth-order valence-corrected chi connectivity index (χ4v) is 1.78. The van der Waals surface area contributed by atoms with E-state index < -0.39 is 0 Å². The van der Waals surface area contributed by atoms with Crippen LogP contribution in [0.2, 0.25) is 0 Å². The summed E-state index contributed by atoms with van der Waals surface area (Å²) < 4.78 is 5.67. The van der Waals surface area contributed by atoms with Gasteiger partial charge in [0.15, 0.2) is 5.58 Å². The summed E-state index contributed by atoms with van der Waals surface area (Å²) in [5.41, 5.74) is 7.81. The average molecular weight is 225 g/mol. The van der Waals surface area contributed by atoms with Crippen LogP contribution in [0.5, 0.6) is 0 Å². The normalized spacial score (nSPS) is 12.8. The summed E-state index contributed by atoms with van der Waals surface area (Å²) in [6, 6.07) is 7.34. The summed E-state index contributed by atoms with van der Waals surface area (Å²) in [5.74, 6) is 0.723. The van der Waals surface area contributed by atoms with Crippen molar-refractivity contribution in [2.24, 2.45) is 5.73 Å². The molecule has 0 aliphatic rings. The molecule has 0 spiro atoms. The monoisotopic (exact) mass is 225 g/mol. The molecule has 0 saturated heterocycles. The van der Waals surface area contributed by atoms with Gasteiger partial charge in [-0.25, -0.2) is 0 Å². The fraction of sp³-hybridized carbons (Fsp3) is 0.0769. The van der Waals surface area contributed by atoms with E-state index in [4.69, 9.17) is 10.2 Å². The first kappa shape index (κ1) is 9.99. The molecule has 4 heteroatoms. The number of nitrogens with two attached hydrogens (primary N) is 1. The number of nitrogens with zero attached hydrogens (tertiary/aromatic N) is 2. The highest BCUT2D eigenvalue weighted by atomic mass is 16.3. The minimum Gasteiger partial charge on any atom is -0.457 e. The molecule has 4 nitrogen and oxygen atoms in total. The Kier molecular flexibility index (Phi) is 2.34. The van der Waals surface area contributed by atoms with Crippen molar-refractivity contribution in [3.05, 3.63) is 60.4 Å². The van der Waals surface area contributed by atoms with Gasteiger partial charge >= 0.3 is 0 Å². The fourth-order valence-electron chi connectivity index (χ4n) is 1.78. The molecule has 0 saturated carbocycles. The van der Waals surface area contributed by atoms with Gasteiger partial charge in [0.05, 0.1) is 12.2 Å². The minimum atomic E-state index is -0.295. The molecule has 0 radical (unpaired) electrons. The zero-order valence-electron chi connectivity index (χ0n) is 9.08. The summed E-state index contributed by atoms with van der Waals surface area (Å²) >= 11 is 0. The molecule has 84 valence electrons. The van der Waals surface area contributed by atoms with Gasteiger partial charge in [0.25, 0.3) is 0 Å². The van der Waals surface area contributed by atoms with Crippen LogP contribution in [0, 0.1) is 0 Å². The maximum Gasteiger partial charge on any atom is 0.152 e. The van der Waals surface area contributed by atoms with E-state index in [1.807, 2.05) is 24.3 Å². The highest BCUT2D eigenvalue weighted by Crippen LogP contribution is 2.25. The molecule has 0 aliphatic heterocycles. The Morgan fingerprint density at radius 2 is 2.00 bits per heavy atom. The number of hydrogen-bond acceptors (Lipinski definition) is 4. The van der Waals surface area contributed by atoms with Crippen LogP contribution < -0.4 is 5.73 Å². The third-order valence-electron chi connectivity index (χ3n) is 2.69. The van der Waals surface area contributed by atoms with Gasteiger partial charge in [-0.05, 0) is 23.8 Å². The molecule has 1 unspecified atom stereocenters. The molecule has 0 amide bonds. The van der Waals surface area contributed by atoms with Crippen LogP contribution in [0.25, 0.3) is 11.0 Å². The predicted octanol–water partition coefficient (Wildman–Crippen LogP) is 2.27. The Morgan fingerprint density at radius 1 is 1.12 bits per heavy atom. The summed E-state index contributed by atoms with van der Waals surface area (Å²) in [4.78, 5) is 8.06. The van der Waals surface area contributed by atoms with Gasteiger partial charge in [-0.3, -0.25) is 9.97 Å². The molecule has 0 aliphatic carbocycles. The highest BCUT2D eigenvalue weighted by molar-refractivity contribution is 5.76. The van der Waals surface area contributed by atoms with Gasteiger partial charge in [0, 0.05) is 24.0 Å². The Hall–Kier alpha value is -2.20. The van der Waals surface area contributed by atoms with Crippen LogP contribution in [-0.4, -0.2) is 9.97 Å². The number of pyridine rings is 2. The molecule has 0 aromatic carbocycles. The summed E-state index contributed by atoms with van der Waals surface area (Å²) in [6.45, 7) is 0. The molecule has 0 fully saturated rings. The maximum atomic E-state index is 6.13. The van der Waals surface area contributed by atoms with Gasteiger partial charge in [-0.15, -0.1) is 0 Å². The van der Waals surface area contributed by atoms with Crippen LogP contribution in [0.1, 0.15) is 17.4 Å². The molecule has 2 N–H and O–H groups in total. The number of aromatic nitrogens is 2. The van der Waals surface area contributed by atoms with Gasteiger partial charge in [0.1, 0.15) is 5.76 Å². The molecule has 3 aromatic rings. The van der Waals surface area contributed by atoms with Crippen molar-refractivity contribution in [2.45, 2.75) is 6.04 Å². The number of rotatable bonds is 2. The largest absolute Gasteiger partial charge is 0.457 e. The quantitative estimate of drug-likeness (QED) is 0.726. The van der Waals surface area contributed by atoms with Gasteiger partial charge in [0.2, 0.25) is 0 Å². The van der Waals surface area contributed by atoms with Crippen molar-refractivity contribution < 1.29 is 4.42 Å². The first-order valence-electron chi connectivity index (χ1n) is 5.33. The SMILES string of the molecule is NC(c1cccnc1)c1cc2ccncc2o1. The first-order valence-corrected chi connectivity index (χ1v) is 5.33. The number of furan rings is 1. The van der Waals surface area contributed by atoms with Crippen LogP contribution in [-0.2, 0) is 0 Å². The second-order valence-electron chi connectivity index (χ2n) is 3.83. The molecular formula is C13H11N3O. The van der Waals surface area contributed by atoms with Crippen molar-refractivity contribution >= 4 is 11.0 Å². The van der Waals surface area contributed by atoms with E-state index >= 15 is 0 Å². The van der Waals surface area contributed by atoms with E-state index in [9.17, 15) is 0 Å². The summed E-state index contributed by atoms with van der Waals surface area (Å²) in [7, 11) is 0. The third kappa shape index (κ3) is 1.79. The zero-order chi connectivity index (χ0) is 11.7. The van der Waals surface area contributed by atoms with E-state index in [1.165, 1.54) is 0 Å². The van der Waals surface area contributed by atoms with Gasteiger partial charge < -0.3 is 10.2 Å². The van der Waals surface area contributed by atoms with E-state index in [-0.39, 0.29) is 6.04 Å². The Bertz CT molecular complexity index is 600. The topological polar surface area (TPSA) is 64.9 Å². The van der Waals surface area contributed by atoms with Crippen LogP contribution >= 0.6 is 0 Å². The molecule has 0 bridgehead atoms. The lowest BCUT2D eigenvalue weighted by molar-refractivity contribution is 0.523.